The average Bonchev–Trinajstić information content (AvgIpc) is 2.56. The maximum atomic E-state index is 12.3. The fourth-order valence-corrected chi connectivity index (χ4v) is 3.39. The smallest absolute Gasteiger partial charge is 0.264 e. The van der Waals surface area contributed by atoms with Crippen molar-refractivity contribution in [3.8, 4) is 0 Å². The van der Waals surface area contributed by atoms with E-state index in [-0.39, 0.29) is 22.8 Å². The molecule has 5 nitrogen and oxygen atoms in total. The van der Waals surface area contributed by atoms with Crippen molar-refractivity contribution in [1.29, 1.82) is 0 Å². The van der Waals surface area contributed by atoms with Crippen LogP contribution in [0.15, 0.2) is 24.0 Å². The van der Waals surface area contributed by atoms with Gasteiger partial charge in [0.05, 0.1) is 6.33 Å². The lowest BCUT2D eigenvalue weighted by Gasteiger charge is -2.23. The van der Waals surface area contributed by atoms with Crippen LogP contribution >= 0.6 is 11.6 Å². The minimum Gasteiger partial charge on any atom is -0.324 e. The maximum Gasteiger partial charge on any atom is 0.264 e. The number of imidazole rings is 1. The third-order valence-corrected chi connectivity index (χ3v) is 4.81. The number of hydrogen-bond acceptors (Lipinski definition) is 3. The molecule has 0 radical (unpaired) electrons. The fourth-order valence-electron chi connectivity index (χ4n) is 1.39. The Balaban J connectivity index is 3.26. The molecule has 1 heterocycles. The van der Waals surface area contributed by atoms with Crippen LogP contribution in [-0.4, -0.2) is 34.9 Å². The molecule has 0 aliphatic heterocycles. The zero-order chi connectivity index (χ0) is 13.2. The third-order valence-electron chi connectivity index (χ3n) is 2.27. The summed E-state index contributed by atoms with van der Waals surface area (Å²) >= 11 is 5.91. The maximum absolute atomic E-state index is 12.3. The fraction of sp³-hybridized carbons (Fsp3) is 0.500. The Morgan fingerprint density at radius 2 is 2.24 bits per heavy atom. The molecule has 0 saturated carbocycles. The molecule has 0 aliphatic rings. The van der Waals surface area contributed by atoms with Gasteiger partial charge in [0.2, 0.25) is 5.03 Å². The molecule has 0 fully saturated rings. The van der Waals surface area contributed by atoms with Gasteiger partial charge >= 0.3 is 0 Å². The Morgan fingerprint density at radius 3 is 2.59 bits per heavy atom. The molecular formula is C10H16ClN3O2S. The summed E-state index contributed by atoms with van der Waals surface area (Å²) in [6.45, 7) is 7.36. The van der Waals surface area contributed by atoms with E-state index in [1.807, 2.05) is 0 Å². The van der Waals surface area contributed by atoms with Gasteiger partial charge in [-0.05, 0) is 13.8 Å². The van der Waals surface area contributed by atoms with Crippen LogP contribution in [0.5, 0.6) is 0 Å². The Morgan fingerprint density at radius 1 is 1.65 bits per heavy atom. The van der Waals surface area contributed by atoms with Crippen molar-refractivity contribution >= 4 is 21.6 Å². The molecule has 0 spiro atoms. The minimum atomic E-state index is -3.67. The second-order valence-electron chi connectivity index (χ2n) is 3.91. The second-order valence-corrected chi connectivity index (χ2v) is 6.07. The summed E-state index contributed by atoms with van der Waals surface area (Å²) in [6, 6.07) is -0.184. The molecule has 0 amide bonds. The van der Waals surface area contributed by atoms with Crippen LogP contribution in [0.1, 0.15) is 13.8 Å². The van der Waals surface area contributed by atoms with E-state index in [9.17, 15) is 8.42 Å². The first kappa shape index (κ1) is 14.2. The van der Waals surface area contributed by atoms with Gasteiger partial charge in [0.25, 0.3) is 10.0 Å². The summed E-state index contributed by atoms with van der Waals surface area (Å²) in [7, 11) is -2.03. The van der Waals surface area contributed by atoms with Crippen LogP contribution in [0.4, 0.5) is 0 Å². The molecule has 0 saturated heterocycles. The first-order valence-electron chi connectivity index (χ1n) is 5.12. The van der Waals surface area contributed by atoms with E-state index in [1.54, 1.807) is 20.9 Å². The van der Waals surface area contributed by atoms with Crippen molar-refractivity contribution in [2.24, 2.45) is 7.05 Å². The van der Waals surface area contributed by atoms with E-state index in [1.165, 1.54) is 21.3 Å². The van der Waals surface area contributed by atoms with E-state index in [4.69, 9.17) is 11.6 Å². The highest BCUT2D eigenvalue weighted by Gasteiger charge is 2.30. The van der Waals surface area contributed by atoms with E-state index >= 15 is 0 Å². The van der Waals surface area contributed by atoms with Gasteiger partial charge in [0.1, 0.15) is 5.15 Å². The molecule has 0 bridgehead atoms. The lowest BCUT2D eigenvalue weighted by molar-refractivity contribution is 0.381. The predicted octanol–water partition coefficient (Wildman–Crippen LogP) is 1.66. The average molecular weight is 278 g/mol. The zero-order valence-electron chi connectivity index (χ0n) is 10.1. The van der Waals surface area contributed by atoms with E-state index in [2.05, 4.69) is 11.6 Å². The summed E-state index contributed by atoms with van der Waals surface area (Å²) in [5.41, 5.74) is 0. The number of hydrogen-bond donors (Lipinski definition) is 0. The molecule has 0 aliphatic carbocycles. The van der Waals surface area contributed by atoms with Crippen LogP contribution in [0.2, 0.25) is 5.15 Å². The summed E-state index contributed by atoms with van der Waals surface area (Å²) < 4.78 is 27.4. The Labute approximate surface area is 107 Å². The molecule has 1 aromatic rings. The van der Waals surface area contributed by atoms with Crippen molar-refractivity contribution in [1.82, 2.24) is 13.9 Å². The normalized spacial score (nSPS) is 12.4. The van der Waals surface area contributed by atoms with Gasteiger partial charge in [-0.1, -0.05) is 17.7 Å². The van der Waals surface area contributed by atoms with Crippen LogP contribution in [0.25, 0.3) is 0 Å². The molecule has 1 aromatic heterocycles. The highest BCUT2D eigenvalue weighted by molar-refractivity contribution is 7.89. The van der Waals surface area contributed by atoms with E-state index in [0.717, 1.165) is 0 Å². The molecule has 0 atom stereocenters. The second kappa shape index (κ2) is 5.20. The highest BCUT2D eigenvalue weighted by atomic mass is 35.5. The van der Waals surface area contributed by atoms with E-state index < -0.39 is 10.0 Å². The number of rotatable bonds is 5. The largest absolute Gasteiger partial charge is 0.324 e. The van der Waals surface area contributed by atoms with Crippen LogP contribution < -0.4 is 0 Å². The lowest BCUT2D eigenvalue weighted by atomic mass is 10.4. The lowest BCUT2D eigenvalue weighted by Crippen LogP contribution is -2.37. The number of sulfonamides is 1. The molecule has 0 N–H and O–H groups in total. The number of halogens is 1. The number of nitrogens with zero attached hydrogens (tertiary/aromatic N) is 3. The van der Waals surface area contributed by atoms with Crippen molar-refractivity contribution in [3.63, 3.8) is 0 Å². The molecule has 1 rings (SSSR count). The highest BCUT2D eigenvalue weighted by Crippen LogP contribution is 2.23. The van der Waals surface area contributed by atoms with Crippen molar-refractivity contribution in [2.75, 3.05) is 6.54 Å². The van der Waals surface area contributed by atoms with Gasteiger partial charge < -0.3 is 4.57 Å². The Hall–Kier alpha value is -0.850. The van der Waals surface area contributed by atoms with Crippen molar-refractivity contribution < 1.29 is 8.42 Å². The standard InChI is InChI=1S/C10H16ClN3O2S/c1-5-6-14(8(2)3)17(15,16)10-9(11)13(4)7-12-10/h5,7-8H,1,6H2,2-4H3. The number of aromatic nitrogens is 2. The van der Waals surface area contributed by atoms with Gasteiger partial charge in [0.15, 0.2) is 0 Å². The summed E-state index contributed by atoms with van der Waals surface area (Å²) in [6.07, 6.45) is 2.91. The van der Waals surface area contributed by atoms with Gasteiger partial charge in [-0.25, -0.2) is 13.4 Å². The Kier molecular flexibility index (Phi) is 4.35. The quantitative estimate of drug-likeness (QED) is 0.769. The first-order valence-corrected chi connectivity index (χ1v) is 6.93. The topological polar surface area (TPSA) is 55.2 Å². The molecule has 0 aromatic carbocycles. The summed E-state index contributed by atoms with van der Waals surface area (Å²) in [5, 5.41) is -0.00284. The predicted molar refractivity (Wildman–Crippen MR) is 67.4 cm³/mol. The summed E-state index contributed by atoms with van der Waals surface area (Å²) in [4.78, 5) is 3.84. The minimum absolute atomic E-state index is 0.111. The van der Waals surface area contributed by atoms with E-state index in [0.29, 0.717) is 0 Å². The van der Waals surface area contributed by atoms with Crippen molar-refractivity contribution in [3.05, 3.63) is 24.1 Å². The number of aryl methyl sites for hydroxylation is 1. The van der Waals surface area contributed by atoms with Crippen LogP contribution in [0.3, 0.4) is 0 Å². The van der Waals surface area contributed by atoms with Gasteiger partial charge in [-0.2, -0.15) is 4.31 Å². The molecule has 96 valence electrons. The van der Waals surface area contributed by atoms with Gasteiger partial charge in [0, 0.05) is 19.6 Å². The van der Waals surface area contributed by atoms with Crippen LogP contribution in [0, 0.1) is 0 Å². The zero-order valence-corrected chi connectivity index (χ0v) is 11.7. The van der Waals surface area contributed by atoms with Gasteiger partial charge in [-0.15, -0.1) is 6.58 Å². The molecule has 7 heteroatoms. The summed E-state index contributed by atoms with van der Waals surface area (Å²) in [5.74, 6) is 0. The monoisotopic (exact) mass is 277 g/mol. The van der Waals surface area contributed by atoms with Gasteiger partial charge in [-0.3, -0.25) is 0 Å². The first-order chi connectivity index (χ1) is 7.82. The third kappa shape index (κ3) is 2.70. The Bertz CT molecular complexity index is 508. The molecular weight excluding hydrogens is 262 g/mol. The van der Waals surface area contributed by atoms with Crippen LogP contribution in [-0.2, 0) is 17.1 Å². The molecule has 0 unspecified atom stereocenters. The SMILES string of the molecule is C=CCN(C(C)C)S(=O)(=O)c1ncn(C)c1Cl. The van der Waals surface area contributed by atoms with Crippen molar-refractivity contribution in [2.45, 2.75) is 24.9 Å². The molecule has 17 heavy (non-hydrogen) atoms.